The Balaban J connectivity index is 2.41. The van der Waals surface area contributed by atoms with Gasteiger partial charge in [-0.25, -0.2) is 13.6 Å². The highest BCUT2D eigenvalue weighted by molar-refractivity contribution is 7.89. The molecule has 0 aliphatic rings. The van der Waals surface area contributed by atoms with Gasteiger partial charge in [0, 0.05) is 5.69 Å². The Hall–Kier alpha value is -1.77. The van der Waals surface area contributed by atoms with Crippen molar-refractivity contribution in [2.75, 3.05) is 5.32 Å². The molecule has 8 heteroatoms. The number of hydrogen-bond acceptors (Lipinski definition) is 5. The van der Waals surface area contributed by atoms with Crippen LogP contribution in [0.1, 0.15) is 20.8 Å². The molecule has 2 aromatic rings. The lowest BCUT2D eigenvalue weighted by molar-refractivity contribution is 0.103. The number of benzene rings is 1. The maximum Gasteiger partial charge on any atom is 0.267 e. The summed E-state index contributed by atoms with van der Waals surface area (Å²) in [6.45, 7) is 3.55. The normalized spacial score (nSPS) is 11.3. The first kappa shape index (κ1) is 14.6. The smallest absolute Gasteiger partial charge is 0.267 e. The Morgan fingerprint density at radius 2 is 2.05 bits per heavy atom. The number of sulfonamides is 1. The van der Waals surface area contributed by atoms with Crippen LogP contribution in [-0.2, 0) is 10.0 Å². The summed E-state index contributed by atoms with van der Waals surface area (Å²) in [4.78, 5) is 16.2. The maximum atomic E-state index is 12.0. The topological polar surface area (TPSA) is 102 Å². The summed E-state index contributed by atoms with van der Waals surface area (Å²) < 4.78 is 22.8. The minimum Gasteiger partial charge on any atom is -0.321 e. The molecule has 0 fully saturated rings. The Morgan fingerprint density at radius 3 is 2.60 bits per heavy atom. The van der Waals surface area contributed by atoms with E-state index in [0.717, 1.165) is 11.1 Å². The molecule has 0 atom stereocenters. The molecule has 0 aliphatic carbocycles. The Kier molecular flexibility index (Phi) is 3.89. The van der Waals surface area contributed by atoms with E-state index in [1.165, 1.54) is 29.7 Å². The van der Waals surface area contributed by atoms with Gasteiger partial charge >= 0.3 is 0 Å². The third kappa shape index (κ3) is 3.03. The van der Waals surface area contributed by atoms with Crippen LogP contribution >= 0.6 is 11.3 Å². The summed E-state index contributed by atoms with van der Waals surface area (Å²) in [5.41, 5.74) is 3.49. The predicted molar refractivity (Wildman–Crippen MR) is 77.4 cm³/mol. The van der Waals surface area contributed by atoms with Gasteiger partial charge in [-0.2, -0.15) is 0 Å². The van der Waals surface area contributed by atoms with Gasteiger partial charge in [-0.3, -0.25) is 9.78 Å². The Bertz CT molecular complexity index is 753. The van der Waals surface area contributed by atoms with Gasteiger partial charge in [-0.15, -0.1) is 11.3 Å². The molecule has 6 nitrogen and oxygen atoms in total. The highest BCUT2D eigenvalue weighted by Gasteiger charge is 2.15. The molecule has 1 heterocycles. The second-order valence-electron chi connectivity index (χ2n) is 4.28. The first-order valence-corrected chi connectivity index (χ1v) is 8.05. The molecule has 20 heavy (non-hydrogen) atoms. The number of aromatic nitrogens is 1. The standard InChI is InChI=1S/C12H13N3O3S2/c1-7-3-9(20(13,17)18)4-10(8(7)2)15-12(16)11-5-14-6-19-11/h3-6H,1-2H3,(H,15,16)(H2,13,17,18). The number of carbonyl (C=O) groups excluding carboxylic acids is 1. The number of hydrogen-bond donors (Lipinski definition) is 2. The molecule has 0 spiro atoms. The van der Waals surface area contributed by atoms with Crippen LogP contribution in [0, 0.1) is 13.8 Å². The molecule has 0 unspecified atom stereocenters. The summed E-state index contributed by atoms with van der Waals surface area (Å²) >= 11 is 1.20. The zero-order chi connectivity index (χ0) is 14.9. The van der Waals surface area contributed by atoms with Gasteiger partial charge in [-0.05, 0) is 37.1 Å². The van der Waals surface area contributed by atoms with Gasteiger partial charge in [0.1, 0.15) is 4.88 Å². The van der Waals surface area contributed by atoms with Crippen LogP contribution < -0.4 is 10.5 Å². The van der Waals surface area contributed by atoms with Crippen molar-refractivity contribution in [1.82, 2.24) is 4.98 Å². The van der Waals surface area contributed by atoms with Crippen LogP contribution in [0.3, 0.4) is 0 Å². The van der Waals surface area contributed by atoms with Crippen LogP contribution in [0.5, 0.6) is 0 Å². The number of aryl methyl sites for hydroxylation is 1. The lowest BCUT2D eigenvalue weighted by Crippen LogP contribution is -2.15. The van der Waals surface area contributed by atoms with Crippen molar-refractivity contribution in [3.8, 4) is 0 Å². The third-order valence-corrected chi connectivity index (χ3v) is 4.54. The summed E-state index contributed by atoms with van der Waals surface area (Å²) in [5, 5.41) is 7.80. The van der Waals surface area contributed by atoms with Crippen molar-refractivity contribution in [3.05, 3.63) is 39.8 Å². The number of anilines is 1. The fourth-order valence-corrected chi connectivity index (χ4v) is 2.77. The number of nitrogens with zero attached hydrogens (tertiary/aromatic N) is 1. The predicted octanol–water partition coefficient (Wildman–Crippen LogP) is 1.66. The lowest BCUT2D eigenvalue weighted by Gasteiger charge is -2.12. The van der Waals surface area contributed by atoms with Gasteiger partial charge in [0.05, 0.1) is 16.6 Å². The second-order valence-corrected chi connectivity index (χ2v) is 6.73. The number of carbonyl (C=O) groups is 1. The van der Waals surface area contributed by atoms with Crippen molar-refractivity contribution in [1.29, 1.82) is 0 Å². The minimum absolute atomic E-state index is 0.0276. The summed E-state index contributed by atoms with van der Waals surface area (Å²) in [5.74, 6) is -0.332. The van der Waals surface area contributed by atoms with E-state index in [1.54, 1.807) is 19.4 Å². The number of primary sulfonamides is 1. The Labute approximate surface area is 120 Å². The summed E-state index contributed by atoms with van der Waals surface area (Å²) in [6, 6.07) is 2.84. The van der Waals surface area contributed by atoms with Gasteiger partial charge in [0.2, 0.25) is 10.0 Å². The van der Waals surface area contributed by atoms with E-state index in [1.807, 2.05) is 0 Å². The molecular formula is C12H13N3O3S2. The van der Waals surface area contributed by atoms with Crippen molar-refractivity contribution < 1.29 is 13.2 Å². The summed E-state index contributed by atoms with van der Waals surface area (Å²) in [7, 11) is -3.82. The molecule has 0 saturated heterocycles. The zero-order valence-electron chi connectivity index (χ0n) is 10.9. The quantitative estimate of drug-likeness (QED) is 0.899. The number of amides is 1. The average molecular weight is 311 g/mol. The van der Waals surface area contributed by atoms with Gasteiger partial charge in [0.25, 0.3) is 5.91 Å². The van der Waals surface area contributed by atoms with E-state index in [0.29, 0.717) is 10.6 Å². The molecule has 3 N–H and O–H groups in total. The zero-order valence-corrected chi connectivity index (χ0v) is 12.5. The van der Waals surface area contributed by atoms with Crippen molar-refractivity contribution >= 4 is 33.0 Å². The average Bonchev–Trinajstić information content (AvgIpc) is 2.87. The molecule has 0 aliphatic heterocycles. The third-order valence-electron chi connectivity index (χ3n) is 2.87. The minimum atomic E-state index is -3.82. The molecule has 1 aromatic carbocycles. The first-order chi connectivity index (χ1) is 9.29. The first-order valence-electron chi connectivity index (χ1n) is 5.63. The number of rotatable bonds is 3. The van der Waals surface area contributed by atoms with Crippen LogP contribution in [0.25, 0.3) is 0 Å². The van der Waals surface area contributed by atoms with Crippen LogP contribution in [0.2, 0.25) is 0 Å². The van der Waals surface area contributed by atoms with Crippen molar-refractivity contribution in [2.24, 2.45) is 5.14 Å². The van der Waals surface area contributed by atoms with E-state index in [9.17, 15) is 13.2 Å². The van der Waals surface area contributed by atoms with Crippen LogP contribution in [0.4, 0.5) is 5.69 Å². The number of thiazole rings is 1. The van der Waals surface area contributed by atoms with E-state index < -0.39 is 10.0 Å². The molecule has 0 bridgehead atoms. The molecule has 0 radical (unpaired) electrons. The van der Waals surface area contributed by atoms with E-state index >= 15 is 0 Å². The number of nitrogens with one attached hydrogen (secondary N) is 1. The Morgan fingerprint density at radius 1 is 1.35 bits per heavy atom. The van der Waals surface area contributed by atoms with Gasteiger partial charge in [-0.1, -0.05) is 0 Å². The second kappa shape index (κ2) is 5.31. The lowest BCUT2D eigenvalue weighted by atomic mass is 10.1. The maximum absolute atomic E-state index is 12.0. The van der Waals surface area contributed by atoms with Crippen molar-refractivity contribution in [3.63, 3.8) is 0 Å². The molecule has 1 aromatic heterocycles. The number of nitrogens with two attached hydrogens (primary N) is 1. The molecule has 0 saturated carbocycles. The molecular weight excluding hydrogens is 298 g/mol. The van der Waals surface area contributed by atoms with Gasteiger partial charge < -0.3 is 5.32 Å². The fraction of sp³-hybridized carbons (Fsp3) is 0.167. The highest BCUT2D eigenvalue weighted by Crippen LogP contribution is 2.24. The molecule has 2 rings (SSSR count). The van der Waals surface area contributed by atoms with Crippen molar-refractivity contribution in [2.45, 2.75) is 18.7 Å². The van der Waals surface area contributed by atoms with E-state index in [2.05, 4.69) is 10.3 Å². The van der Waals surface area contributed by atoms with Crippen LogP contribution in [-0.4, -0.2) is 19.3 Å². The van der Waals surface area contributed by atoms with Crippen LogP contribution in [0.15, 0.2) is 28.7 Å². The SMILES string of the molecule is Cc1cc(S(N)(=O)=O)cc(NC(=O)c2cncs2)c1C. The summed E-state index contributed by atoms with van der Waals surface area (Å²) in [6.07, 6.45) is 1.45. The van der Waals surface area contributed by atoms with Gasteiger partial charge in [0.15, 0.2) is 0 Å². The highest BCUT2D eigenvalue weighted by atomic mass is 32.2. The largest absolute Gasteiger partial charge is 0.321 e. The van der Waals surface area contributed by atoms with E-state index in [4.69, 9.17) is 5.14 Å². The monoisotopic (exact) mass is 311 g/mol. The molecule has 106 valence electrons. The molecule has 1 amide bonds. The fourth-order valence-electron chi connectivity index (χ4n) is 1.63. The van der Waals surface area contributed by atoms with E-state index in [-0.39, 0.29) is 10.8 Å².